The van der Waals surface area contributed by atoms with Crippen LogP contribution in [0.4, 0.5) is 5.69 Å². The van der Waals surface area contributed by atoms with Crippen LogP contribution in [-0.2, 0) is 22.7 Å². The molecule has 0 radical (unpaired) electrons. The molecule has 0 bridgehead atoms. The van der Waals surface area contributed by atoms with E-state index in [-0.39, 0.29) is 6.61 Å². The molecule has 2 N–H and O–H groups in total. The molecule has 0 fully saturated rings. The van der Waals surface area contributed by atoms with Gasteiger partial charge in [-0.1, -0.05) is 30.3 Å². The number of amides is 1. The summed E-state index contributed by atoms with van der Waals surface area (Å²) in [7, 11) is 0. The first kappa shape index (κ1) is 20.6. The third kappa shape index (κ3) is 4.02. The van der Waals surface area contributed by atoms with Crippen molar-refractivity contribution in [2.75, 3.05) is 5.32 Å². The number of aromatic nitrogens is 1. The fraction of sp³-hybridized carbons (Fsp3) is 0.200. The third-order valence-corrected chi connectivity index (χ3v) is 5.38. The van der Waals surface area contributed by atoms with Crippen molar-refractivity contribution in [1.29, 1.82) is 0 Å². The quantitative estimate of drug-likeness (QED) is 0.454. The zero-order chi connectivity index (χ0) is 22.0. The van der Waals surface area contributed by atoms with Gasteiger partial charge in [-0.3, -0.25) is 4.79 Å². The van der Waals surface area contributed by atoms with E-state index in [1.54, 1.807) is 24.3 Å². The van der Waals surface area contributed by atoms with E-state index in [9.17, 15) is 9.59 Å². The van der Waals surface area contributed by atoms with E-state index in [0.29, 0.717) is 16.8 Å². The van der Waals surface area contributed by atoms with E-state index in [4.69, 9.17) is 9.84 Å². The fourth-order valence-electron chi connectivity index (χ4n) is 3.74. The number of aliphatic hydroxyl groups is 1. The Kier molecular flexibility index (Phi) is 5.73. The lowest BCUT2D eigenvalue weighted by Crippen LogP contribution is -2.30. The van der Waals surface area contributed by atoms with E-state index < -0.39 is 18.0 Å². The molecule has 1 aromatic heterocycles. The zero-order valence-corrected chi connectivity index (χ0v) is 17.5. The van der Waals surface area contributed by atoms with Gasteiger partial charge < -0.3 is 19.7 Å². The summed E-state index contributed by atoms with van der Waals surface area (Å²) < 4.78 is 7.54. The molecule has 1 amide bonds. The number of hydrogen-bond donors (Lipinski definition) is 2. The molecule has 158 valence electrons. The summed E-state index contributed by atoms with van der Waals surface area (Å²) in [5.41, 5.74) is 3.92. The molecule has 31 heavy (non-hydrogen) atoms. The van der Waals surface area contributed by atoms with Crippen LogP contribution in [0.5, 0.6) is 0 Å². The first-order valence-electron chi connectivity index (χ1n) is 10.2. The second-order valence-electron chi connectivity index (χ2n) is 7.39. The Morgan fingerprint density at radius 3 is 2.42 bits per heavy atom. The lowest BCUT2D eigenvalue weighted by atomic mass is 10.1. The van der Waals surface area contributed by atoms with Crippen LogP contribution in [0, 0.1) is 0 Å². The molecule has 4 rings (SSSR count). The minimum absolute atomic E-state index is 0.102. The lowest BCUT2D eigenvalue weighted by Gasteiger charge is -2.14. The summed E-state index contributed by atoms with van der Waals surface area (Å²) in [6, 6.07) is 20.4. The van der Waals surface area contributed by atoms with Crippen LogP contribution >= 0.6 is 0 Å². The number of rotatable bonds is 6. The number of benzene rings is 3. The average molecular weight is 416 g/mol. The van der Waals surface area contributed by atoms with Gasteiger partial charge in [-0.25, -0.2) is 4.79 Å². The van der Waals surface area contributed by atoms with E-state index in [1.165, 1.54) is 6.92 Å². The Hall–Kier alpha value is -3.64. The smallest absolute Gasteiger partial charge is 0.338 e. The zero-order valence-electron chi connectivity index (χ0n) is 17.5. The molecule has 0 aliphatic rings. The van der Waals surface area contributed by atoms with Gasteiger partial charge in [-0.15, -0.1) is 0 Å². The van der Waals surface area contributed by atoms with Gasteiger partial charge in [0.2, 0.25) is 0 Å². The summed E-state index contributed by atoms with van der Waals surface area (Å²) in [4.78, 5) is 24.9. The summed E-state index contributed by atoms with van der Waals surface area (Å²) in [6.07, 6.45) is -0.960. The van der Waals surface area contributed by atoms with Crippen LogP contribution < -0.4 is 5.32 Å². The molecule has 0 aliphatic heterocycles. The Morgan fingerprint density at radius 2 is 1.71 bits per heavy atom. The molecule has 0 saturated carbocycles. The topological polar surface area (TPSA) is 80.6 Å². The van der Waals surface area contributed by atoms with Gasteiger partial charge >= 0.3 is 5.97 Å². The summed E-state index contributed by atoms with van der Waals surface area (Å²) in [5.74, 6) is -0.993. The second-order valence-corrected chi connectivity index (χ2v) is 7.39. The number of anilines is 1. The first-order chi connectivity index (χ1) is 15.0. The van der Waals surface area contributed by atoms with Crippen molar-refractivity contribution in [1.82, 2.24) is 4.57 Å². The Labute approximate surface area is 180 Å². The van der Waals surface area contributed by atoms with Gasteiger partial charge in [0, 0.05) is 34.0 Å². The van der Waals surface area contributed by atoms with Crippen molar-refractivity contribution in [3.63, 3.8) is 0 Å². The average Bonchev–Trinajstić information content (AvgIpc) is 3.12. The van der Waals surface area contributed by atoms with Gasteiger partial charge in [-0.05, 0) is 55.8 Å². The number of nitrogens with one attached hydrogen (secondary N) is 1. The number of fused-ring (bicyclic) bond motifs is 3. The number of nitrogens with zero attached hydrogens (tertiary/aromatic N) is 1. The van der Waals surface area contributed by atoms with Gasteiger partial charge in [-0.2, -0.15) is 0 Å². The summed E-state index contributed by atoms with van der Waals surface area (Å²) in [5, 5.41) is 14.1. The minimum atomic E-state index is -0.960. The number of carbonyl (C=O) groups is 2. The summed E-state index contributed by atoms with van der Waals surface area (Å²) >= 11 is 0. The SMILES string of the molecule is CCn1c2ccccc2c2cc(NC(=O)[C@@H](C)OC(=O)c3ccc(CO)cc3)ccc21. The van der Waals surface area contributed by atoms with E-state index in [1.807, 2.05) is 30.3 Å². The van der Waals surface area contributed by atoms with E-state index >= 15 is 0 Å². The molecule has 0 spiro atoms. The van der Waals surface area contributed by atoms with Crippen LogP contribution in [0.25, 0.3) is 21.8 Å². The van der Waals surface area contributed by atoms with Crippen LogP contribution in [-0.4, -0.2) is 27.7 Å². The molecule has 4 aromatic rings. The van der Waals surface area contributed by atoms with Crippen molar-refractivity contribution < 1.29 is 19.4 Å². The molecule has 6 heteroatoms. The number of para-hydroxylation sites is 1. The molecule has 1 atom stereocenters. The number of ether oxygens (including phenoxy) is 1. The molecular formula is C25H24N2O4. The van der Waals surface area contributed by atoms with Crippen molar-refractivity contribution in [2.45, 2.75) is 33.1 Å². The third-order valence-electron chi connectivity index (χ3n) is 5.38. The van der Waals surface area contributed by atoms with Crippen molar-refractivity contribution in [3.8, 4) is 0 Å². The van der Waals surface area contributed by atoms with Crippen molar-refractivity contribution in [3.05, 3.63) is 77.9 Å². The van der Waals surface area contributed by atoms with Gasteiger partial charge in [0.1, 0.15) is 0 Å². The number of aliphatic hydroxyl groups excluding tert-OH is 1. The highest BCUT2D eigenvalue weighted by Crippen LogP contribution is 2.31. The lowest BCUT2D eigenvalue weighted by molar-refractivity contribution is -0.123. The Balaban J connectivity index is 1.51. The van der Waals surface area contributed by atoms with Crippen LogP contribution in [0.15, 0.2) is 66.7 Å². The van der Waals surface area contributed by atoms with E-state index in [2.05, 4.69) is 28.9 Å². The van der Waals surface area contributed by atoms with Gasteiger partial charge in [0.15, 0.2) is 6.10 Å². The molecule has 1 heterocycles. The number of carbonyl (C=O) groups excluding carboxylic acids is 2. The largest absolute Gasteiger partial charge is 0.449 e. The Morgan fingerprint density at radius 1 is 1.00 bits per heavy atom. The number of aryl methyl sites for hydroxylation is 1. The molecule has 3 aromatic carbocycles. The molecule has 0 aliphatic carbocycles. The monoisotopic (exact) mass is 416 g/mol. The standard InChI is InChI=1S/C25H24N2O4/c1-3-27-22-7-5-4-6-20(22)21-14-19(12-13-23(21)27)26-24(29)16(2)31-25(30)18-10-8-17(15-28)9-11-18/h4-14,16,28H,3,15H2,1-2H3,(H,26,29)/t16-/m1/s1. The second kappa shape index (κ2) is 8.62. The van der Waals surface area contributed by atoms with Gasteiger partial charge in [0.05, 0.1) is 12.2 Å². The Bertz CT molecular complexity index is 1260. The normalized spacial score (nSPS) is 12.1. The molecule has 6 nitrogen and oxygen atoms in total. The predicted octanol–water partition coefficient (Wildman–Crippen LogP) is 4.49. The fourth-order valence-corrected chi connectivity index (χ4v) is 3.74. The molecule has 0 saturated heterocycles. The maximum atomic E-state index is 12.6. The van der Waals surface area contributed by atoms with Crippen LogP contribution in [0.1, 0.15) is 29.8 Å². The van der Waals surface area contributed by atoms with E-state index in [0.717, 1.165) is 28.4 Å². The van der Waals surface area contributed by atoms with Gasteiger partial charge in [0.25, 0.3) is 5.91 Å². The highest BCUT2D eigenvalue weighted by molar-refractivity contribution is 6.10. The maximum absolute atomic E-state index is 12.6. The highest BCUT2D eigenvalue weighted by Gasteiger charge is 2.19. The molecular weight excluding hydrogens is 392 g/mol. The van der Waals surface area contributed by atoms with Crippen LogP contribution in [0.3, 0.4) is 0 Å². The minimum Gasteiger partial charge on any atom is -0.449 e. The first-order valence-corrected chi connectivity index (χ1v) is 10.2. The van der Waals surface area contributed by atoms with Crippen molar-refractivity contribution >= 4 is 39.4 Å². The number of esters is 1. The molecule has 0 unspecified atom stereocenters. The highest BCUT2D eigenvalue weighted by atomic mass is 16.5. The predicted molar refractivity (Wildman–Crippen MR) is 121 cm³/mol. The van der Waals surface area contributed by atoms with Crippen molar-refractivity contribution in [2.24, 2.45) is 0 Å². The van der Waals surface area contributed by atoms with Crippen LogP contribution in [0.2, 0.25) is 0 Å². The maximum Gasteiger partial charge on any atom is 0.338 e. The number of hydrogen-bond acceptors (Lipinski definition) is 4. The summed E-state index contributed by atoms with van der Waals surface area (Å²) in [6.45, 7) is 4.39.